The number of allylic oxidation sites excluding steroid dienone is 4. The van der Waals surface area contributed by atoms with Gasteiger partial charge in [-0.2, -0.15) is 0 Å². The summed E-state index contributed by atoms with van der Waals surface area (Å²) in [6.45, 7) is 7.64. The minimum atomic E-state index is -4.64. The lowest BCUT2D eigenvalue weighted by Gasteiger charge is -2.17. The number of hydrogen-bond acceptors (Lipinski definition) is 5. The average Bonchev–Trinajstić information content (AvgIpc) is 3.03. The van der Waals surface area contributed by atoms with Crippen molar-refractivity contribution in [1.82, 2.24) is 0 Å². The molecule has 0 atom stereocenters. The summed E-state index contributed by atoms with van der Waals surface area (Å²) < 4.78 is 38.3. The molecular weight excluding hydrogens is 646 g/mol. The molecule has 0 amide bonds. The minimum Gasteiger partial charge on any atom is -0.303 e. The first kappa shape index (κ1) is 49.8. The van der Waals surface area contributed by atoms with Crippen LogP contribution in [0.25, 0.3) is 0 Å². The summed E-state index contributed by atoms with van der Waals surface area (Å²) in [6, 6.07) is 0. The molecule has 0 aromatic heterocycles. The van der Waals surface area contributed by atoms with E-state index in [1.54, 1.807) is 0 Å². The highest BCUT2D eigenvalue weighted by atomic mass is 31.2. The molecule has 0 aliphatic carbocycles. The molecule has 0 spiro atoms. The van der Waals surface area contributed by atoms with Gasteiger partial charge in [-0.25, -0.2) is 9.13 Å². The van der Waals surface area contributed by atoms with Crippen molar-refractivity contribution in [3.63, 3.8) is 0 Å². The third-order valence-corrected chi connectivity index (χ3v) is 9.67. The van der Waals surface area contributed by atoms with E-state index in [1.165, 1.54) is 154 Å². The lowest BCUT2D eigenvalue weighted by atomic mass is 10.1. The van der Waals surface area contributed by atoms with E-state index in [4.69, 9.17) is 32.8 Å². The Balaban J connectivity index is 0. The summed E-state index contributed by atoms with van der Waals surface area (Å²) in [4.78, 5) is 21.6. The van der Waals surface area contributed by atoms with E-state index >= 15 is 0 Å². The SMILES string of the molecule is CCCCCCCC/C=C\CCCCCCCCOP(=O)(OCC)OCCCCCCCC/C=C\CCCCCCCC.O=P(O)(O)O. The molecule has 0 saturated heterocycles. The van der Waals surface area contributed by atoms with Crippen LogP contribution in [-0.4, -0.2) is 34.5 Å². The molecule has 0 aromatic rings. The summed E-state index contributed by atoms with van der Waals surface area (Å²) in [7, 11) is -8.05. The van der Waals surface area contributed by atoms with Crippen molar-refractivity contribution in [3.05, 3.63) is 24.3 Å². The third-order valence-electron chi connectivity index (χ3n) is 8.10. The lowest BCUT2D eigenvalue weighted by Crippen LogP contribution is -2.03. The molecule has 10 heteroatoms. The standard InChI is InChI=1S/C38H75O4P.H3O4P/c1-4-7-9-11-13-15-17-19-21-23-25-27-29-31-33-35-37-41-43(39,40-6-3)42-38-36-34-32-30-28-26-24-22-20-18-16-14-12-10-8-5-2;1-5(2,3)4/h19-22H,4-18,23-38H2,1-3H3;(H3,1,2,3,4)/b21-19-,22-20-;. The van der Waals surface area contributed by atoms with Gasteiger partial charge in [0, 0.05) is 0 Å². The molecule has 288 valence electrons. The molecule has 0 bridgehead atoms. The van der Waals surface area contributed by atoms with Crippen molar-refractivity contribution in [1.29, 1.82) is 0 Å². The third kappa shape index (κ3) is 47.8. The van der Waals surface area contributed by atoms with Crippen molar-refractivity contribution in [3.8, 4) is 0 Å². The molecule has 0 unspecified atom stereocenters. The quantitative estimate of drug-likeness (QED) is 0.0331. The van der Waals surface area contributed by atoms with Crippen LogP contribution in [0.3, 0.4) is 0 Å². The normalized spacial score (nSPS) is 12.3. The Morgan fingerprint density at radius 1 is 0.396 bits per heavy atom. The van der Waals surface area contributed by atoms with E-state index < -0.39 is 15.6 Å². The molecule has 0 aromatic carbocycles. The Morgan fingerprint density at radius 2 is 0.646 bits per heavy atom. The molecule has 8 nitrogen and oxygen atoms in total. The molecule has 0 fully saturated rings. The fourth-order valence-electron chi connectivity index (χ4n) is 5.32. The van der Waals surface area contributed by atoms with Crippen molar-refractivity contribution in [2.24, 2.45) is 0 Å². The van der Waals surface area contributed by atoms with Crippen LogP contribution in [0.5, 0.6) is 0 Å². The maximum absolute atomic E-state index is 12.9. The molecule has 0 radical (unpaired) electrons. The van der Waals surface area contributed by atoms with Crippen LogP contribution >= 0.6 is 15.6 Å². The molecule has 3 N–H and O–H groups in total. The van der Waals surface area contributed by atoms with Crippen LogP contribution in [0.15, 0.2) is 24.3 Å². The van der Waals surface area contributed by atoms with Crippen molar-refractivity contribution in [2.75, 3.05) is 19.8 Å². The highest BCUT2D eigenvalue weighted by Crippen LogP contribution is 2.49. The van der Waals surface area contributed by atoms with E-state index in [2.05, 4.69) is 38.2 Å². The smallest absolute Gasteiger partial charge is 0.303 e. The monoisotopic (exact) mass is 725 g/mol. The first-order valence-electron chi connectivity index (χ1n) is 19.8. The number of rotatable bonds is 36. The van der Waals surface area contributed by atoms with Crippen LogP contribution in [0, 0.1) is 0 Å². The largest absolute Gasteiger partial charge is 0.474 e. The maximum atomic E-state index is 12.9. The maximum Gasteiger partial charge on any atom is 0.474 e. The van der Waals surface area contributed by atoms with Crippen molar-refractivity contribution < 1.29 is 37.4 Å². The predicted molar refractivity (Wildman–Crippen MR) is 204 cm³/mol. The van der Waals surface area contributed by atoms with Crippen LogP contribution in [0.4, 0.5) is 0 Å². The lowest BCUT2D eigenvalue weighted by molar-refractivity contribution is 0.114. The second-order valence-electron chi connectivity index (χ2n) is 12.9. The first-order valence-corrected chi connectivity index (χ1v) is 22.8. The van der Waals surface area contributed by atoms with Gasteiger partial charge in [0.2, 0.25) is 0 Å². The predicted octanol–water partition coefficient (Wildman–Crippen LogP) is 13.3. The van der Waals surface area contributed by atoms with E-state index in [0.717, 1.165) is 25.7 Å². The summed E-state index contributed by atoms with van der Waals surface area (Å²) in [5.74, 6) is 0. The second-order valence-corrected chi connectivity index (χ2v) is 15.6. The van der Waals surface area contributed by atoms with Crippen LogP contribution in [0.1, 0.15) is 201 Å². The molecule has 48 heavy (non-hydrogen) atoms. The summed E-state index contributed by atoms with van der Waals surface area (Å²) in [5, 5.41) is 0. The van der Waals surface area contributed by atoms with E-state index in [-0.39, 0.29) is 0 Å². The highest BCUT2D eigenvalue weighted by Gasteiger charge is 2.25. The second kappa shape index (κ2) is 39.5. The minimum absolute atomic E-state index is 0.345. The topological polar surface area (TPSA) is 123 Å². The van der Waals surface area contributed by atoms with Gasteiger partial charge in [-0.1, -0.05) is 154 Å². The van der Waals surface area contributed by atoms with Gasteiger partial charge < -0.3 is 14.7 Å². The Bertz CT molecular complexity index is 728. The fourth-order valence-corrected chi connectivity index (χ4v) is 6.57. The zero-order chi connectivity index (χ0) is 35.9. The number of phosphoric ester groups is 1. The highest BCUT2D eigenvalue weighted by molar-refractivity contribution is 7.48. The first-order chi connectivity index (χ1) is 23.2. The summed E-state index contributed by atoms with van der Waals surface area (Å²) >= 11 is 0. The van der Waals surface area contributed by atoms with Crippen LogP contribution in [0.2, 0.25) is 0 Å². The average molecular weight is 725 g/mol. The Kier molecular flexibility index (Phi) is 41.0. The van der Waals surface area contributed by atoms with Gasteiger partial charge in [0.05, 0.1) is 19.8 Å². The van der Waals surface area contributed by atoms with Gasteiger partial charge in [0.1, 0.15) is 0 Å². The van der Waals surface area contributed by atoms with Gasteiger partial charge in [0.25, 0.3) is 0 Å². The van der Waals surface area contributed by atoms with Gasteiger partial charge in [-0.05, 0) is 71.1 Å². The molecule has 0 heterocycles. The van der Waals surface area contributed by atoms with Gasteiger partial charge in [-0.15, -0.1) is 0 Å². The van der Waals surface area contributed by atoms with E-state index in [0.29, 0.717) is 19.8 Å². The Hall–Kier alpha value is -0.300. The van der Waals surface area contributed by atoms with Gasteiger partial charge in [-0.3, -0.25) is 13.6 Å². The zero-order valence-electron chi connectivity index (χ0n) is 31.5. The van der Waals surface area contributed by atoms with Crippen LogP contribution in [-0.2, 0) is 22.7 Å². The summed E-state index contributed by atoms with van der Waals surface area (Å²) in [5.41, 5.74) is 0. The zero-order valence-corrected chi connectivity index (χ0v) is 33.3. The van der Waals surface area contributed by atoms with Crippen LogP contribution < -0.4 is 0 Å². The number of phosphoric acid groups is 2. The Morgan fingerprint density at radius 3 is 0.917 bits per heavy atom. The molecule has 0 saturated carbocycles. The van der Waals surface area contributed by atoms with Gasteiger partial charge >= 0.3 is 15.6 Å². The molecular formula is C38H78O8P2. The van der Waals surface area contributed by atoms with Crippen molar-refractivity contribution in [2.45, 2.75) is 201 Å². The van der Waals surface area contributed by atoms with E-state index in [9.17, 15) is 4.57 Å². The summed E-state index contributed by atoms with van der Waals surface area (Å²) in [6.07, 6.45) is 45.1. The molecule has 0 aliphatic rings. The number of unbranched alkanes of at least 4 members (excludes halogenated alkanes) is 24. The van der Waals surface area contributed by atoms with E-state index in [1.807, 2.05) is 6.92 Å². The number of hydrogen-bond donors (Lipinski definition) is 3. The molecule has 0 rings (SSSR count). The van der Waals surface area contributed by atoms with Gasteiger partial charge in [0.15, 0.2) is 0 Å². The fraction of sp³-hybridized carbons (Fsp3) is 0.895. The molecule has 0 aliphatic heterocycles. The Labute approximate surface area is 297 Å². The van der Waals surface area contributed by atoms with Crippen molar-refractivity contribution >= 4 is 15.6 Å².